The predicted molar refractivity (Wildman–Crippen MR) is 111 cm³/mol. The van der Waals surface area contributed by atoms with Crippen molar-refractivity contribution in [3.05, 3.63) is 51.7 Å². The van der Waals surface area contributed by atoms with Gasteiger partial charge in [0.05, 0.1) is 11.1 Å². The number of thiophene rings is 1. The van der Waals surface area contributed by atoms with Gasteiger partial charge >= 0.3 is 0 Å². The van der Waals surface area contributed by atoms with Crippen molar-refractivity contribution in [3.63, 3.8) is 0 Å². The summed E-state index contributed by atoms with van der Waals surface area (Å²) in [6.45, 7) is 11.4. The molecule has 0 spiro atoms. The lowest BCUT2D eigenvalue weighted by molar-refractivity contribution is 0.0959. The molecule has 0 saturated carbocycles. The van der Waals surface area contributed by atoms with Crippen molar-refractivity contribution in [3.8, 4) is 0 Å². The van der Waals surface area contributed by atoms with E-state index < -0.39 is 0 Å². The molecule has 1 amide bonds. The van der Waals surface area contributed by atoms with E-state index in [1.54, 1.807) is 12.3 Å². The van der Waals surface area contributed by atoms with Crippen LogP contribution in [0.1, 0.15) is 67.8 Å². The molecule has 1 aliphatic rings. The van der Waals surface area contributed by atoms with Crippen LogP contribution in [-0.4, -0.2) is 23.7 Å². The highest BCUT2D eigenvalue weighted by Gasteiger charge is 2.37. The molecule has 4 nitrogen and oxygen atoms in total. The van der Waals surface area contributed by atoms with E-state index >= 15 is 0 Å². The normalized spacial score (nSPS) is 19.0. The number of nitrogens with one attached hydrogen (secondary N) is 1. The van der Waals surface area contributed by atoms with Gasteiger partial charge in [-0.1, -0.05) is 19.1 Å². The fourth-order valence-electron chi connectivity index (χ4n) is 4.16. The summed E-state index contributed by atoms with van der Waals surface area (Å²) in [5.74, 6) is 0.319. The molecule has 1 aromatic carbocycles. The van der Waals surface area contributed by atoms with Gasteiger partial charge in [0.2, 0.25) is 0 Å². The Labute approximate surface area is 159 Å². The summed E-state index contributed by atoms with van der Waals surface area (Å²) in [6, 6.07) is 10.6. The van der Waals surface area contributed by atoms with E-state index in [0.717, 1.165) is 12.0 Å². The molecule has 0 fully saturated rings. The highest BCUT2D eigenvalue weighted by Crippen LogP contribution is 2.44. The Morgan fingerprint density at radius 3 is 2.81 bits per heavy atom. The maximum atomic E-state index is 11.9. The number of amides is 1. The van der Waals surface area contributed by atoms with Crippen LogP contribution in [0, 0.1) is 0 Å². The average molecular weight is 370 g/mol. The van der Waals surface area contributed by atoms with E-state index in [0.29, 0.717) is 16.8 Å². The van der Waals surface area contributed by atoms with Crippen LogP contribution < -0.4 is 10.3 Å². The monoisotopic (exact) mass is 369 g/mol. The standard InChI is InChI=1S/C21H27N3OS/c1-14(2)24-18-9-8-16(11-17(18)15(3)12-21(24,4)5)13-22-23-20(25)19-7-6-10-26-19/h6-11,13-15H,12H2,1-5H3,(H,23,25)/b22-13+/t15-/m1/s1. The zero-order valence-corrected chi connectivity index (χ0v) is 16.9. The Morgan fingerprint density at radius 1 is 1.38 bits per heavy atom. The van der Waals surface area contributed by atoms with Gasteiger partial charge in [-0.2, -0.15) is 5.10 Å². The van der Waals surface area contributed by atoms with E-state index in [9.17, 15) is 4.79 Å². The van der Waals surface area contributed by atoms with E-state index in [4.69, 9.17) is 0 Å². The molecule has 0 saturated heterocycles. The molecule has 1 aromatic heterocycles. The Kier molecular flexibility index (Phi) is 5.19. The molecule has 0 bridgehead atoms. The molecule has 0 radical (unpaired) electrons. The molecule has 1 aliphatic heterocycles. The summed E-state index contributed by atoms with van der Waals surface area (Å²) in [4.78, 5) is 15.1. The van der Waals surface area contributed by atoms with Crippen molar-refractivity contribution in [1.82, 2.24) is 5.43 Å². The molecule has 3 rings (SSSR count). The number of hydrazone groups is 1. The van der Waals surface area contributed by atoms with Gasteiger partial charge in [0.15, 0.2) is 0 Å². The van der Waals surface area contributed by atoms with Crippen molar-refractivity contribution in [2.24, 2.45) is 5.10 Å². The number of carbonyl (C=O) groups is 1. The molecule has 1 atom stereocenters. The zero-order chi connectivity index (χ0) is 18.9. The SMILES string of the molecule is CC(C)N1c2ccc(/C=N/NC(=O)c3cccs3)cc2[C@H](C)CC1(C)C. The lowest BCUT2D eigenvalue weighted by Gasteiger charge is -2.50. The van der Waals surface area contributed by atoms with Crippen LogP contribution in [0.4, 0.5) is 5.69 Å². The summed E-state index contributed by atoms with van der Waals surface area (Å²) >= 11 is 1.41. The largest absolute Gasteiger partial charge is 0.364 e. The fourth-order valence-corrected chi connectivity index (χ4v) is 4.77. The minimum absolute atomic E-state index is 0.144. The van der Waals surface area contributed by atoms with Crippen molar-refractivity contribution in [2.75, 3.05) is 4.90 Å². The zero-order valence-electron chi connectivity index (χ0n) is 16.1. The molecule has 2 aromatic rings. The topological polar surface area (TPSA) is 44.7 Å². The quantitative estimate of drug-likeness (QED) is 0.608. The molecular weight excluding hydrogens is 342 g/mol. The number of nitrogens with zero attached hydrogens (tertiary/aromatic N) is 2. The van der Waals surface area contributed by atoms with E-state index in [1.165, 1.54) is 22.6 Å². The fraction of sp³-hybridized carbons (Fsp3) is 0.429. The van der Waals surface area contributed by atoms with Crippen LogP contribution in [-0.2, 0) is 0 Å². The number of hydrogen-bond donors (Lipinski definition) is 1. The van der Waals surface area contributed by atoms with Crippen molar-refractivity contribution < 1.29 is 4.79 Å². The average Bonchev–Trinajstić information content (AvgIpc) is 3.08. The van der Waals surface area contributed by atoms with Crippen molar-refractivity contribution in [1.29, 1.82) is 0 Å². The third-order valence-electron chi connectivity index (χ3n) is 4.94. The van der Waals surface area contributed by atoms with Gasteiger partial charge in [-0.25, -0.2) is 5.43 Å². The second-order valence-corrected chi connectivity index (χ2v) is 8.82. The van der Waals surface area contributed by atoms with Crippen LogP contribution in [0.15, 0.2) is 40.8 Å². The summed E-state index contributed by atoms with van der Waals surface area (Å²) in [6.07, 6.45) is 2.84. The third-order valence-corrected chi connectivity index (χ3v) is 5.81. The number of benzene rings is 1. The molecule has 1 N–H and O–H groups in total. The highest BCUT2D eigenvalue weighted by molar-refractivity contribution is 7.12. The number of hydrogen-bond acceptors (Lipinski definition) is 4. The minimum atomic E-state index is -0.171. The second kappa shape index (κ2) is 7.23. The molecule has 0 unspecified atom stereocenters. The first-order valence-corrected chi connectivity index (χ1v) is 9.98. The Balaban J connectivity index is 1.81. The van der Waals surface area contributed by atoms with E-state index in [1.807, 2.05) is 11.4 Å². The number of fused-ring (bicyclic) bond motifs is 1. The van der Waals surface area contributed by atoms with Gasteiger partial charge in [0, 0.05) is 17.3 Å². The number of rotatable bonds is 4. The number of carbonyl (C=O) groups excluding carboxylic acids is 1. The second-order valence-electron chi connectivity index (χ2n) is 7.88. The molecule has 5 heteroatoms. The van der Waals surface area contributed by atoms with Gasteiger partial charge in [-0.15, -0.1) is 11.3 Å². The van der Waals surface area contributed by atoms with Crippen LogP contribution in [0.25, 0.3) is 0 Å². The Morgan fingerprint density at radius 2 is 2.15 bits per heavy atom. The first kappa shape index (κ1) is 18.6. The number of anilines is 1. The maximum absolute atomic E-state index is 11.9. The van der Waals surface area contributed by atoms with Crippen molar-refractivity contribution in [2.45, 2.75) is 58.5 Å². The van der Waals surface area contributed by atoms with Crippen molar-refractivity contribution >= 4 is 29.1 Å². The van der Waals surface area contributed by atoms with Gasteiger partial charge in [0.1, 0.15) is 0 Å². The molecule has 26 heavy (non-hydrogen) atoms. The van der Waals surface area contributed by atoms with Crippen LogP contribution >= 0.6 is 11.3 Å². The molecule has 138 valence electrons. The summed E-state index contributed by atoms with van der Waals surface area (Å²) < 4.78 is 0. The Hall–Kier alpha value is -2.14. The first-order chi connectivity index (χ1) is 12.3. The van der Waals surface area contributed by atoms with E-state index in [2.05, 4.69) is 68.2 Å². The van der Waals surface area contributed by atoms with Gasteiger partial charge in [-0.05, 0) is 74.7 Å². The lowest BCUT2D eigenvalue weighted by Crippen LogP contribution is -2.51. The Bertz CT molecular complexity index is 809. The summed E-state index contributed by atoms with van der Waals surface area (Å²) in [5, 5.41) is 6.00. The maximum Gasteiger partial charge on any atom is 0.281 e. The summed E-state index contributed by atoms with van der Waals surface area (Å²) in [7, 11) is 0. The van der Waals surface area contributed by atoms with Gasteiger partial charge in [0.25, 0.3) is 5.91 Å². The molecular formula is C21H27N3OS. The molecule has 0 aliphatic carbocycles. The van der Waals surface area contributed by atoms with Crippen LogP contribution in [0.3, 0.4) is 0 Å². The highest BCUT2D eigenvalue weighted by atomic mass is 32.1. The first-order valence-electron chi connectivity index (χ1n) is 9.10. The van der Waals surface area contributed by atoms with E-state index in [-0.39, 0.29) is 11.4 Å². The molecule has 2 heterocycles. The van der Waals surface area contributed by atoms with Crippen LogP contribution in [0.5, 0.6) is 0 Å². The van der Waals surface area contributed by atoms with Gasteiger partial charge < -0.3 is 4.90 Å². The predicted octanol–water partition coefficient (Wildman–Crippen LogP) is 5.01. The van der Waals surface area contributed by atoms with Crippen LogP contribution in [0.2, 0.25) is 0 Å². The minimum Gasteiger partial charge on any atom is -0.364 e. The lowest BCUT2D eigenvalue weighted by atomic mass is 9.79. The smallest absolute Gasteiger partial charge is 0.281 e. The van der Waals surface area contributed by atoms with Gasteiger partial charge in [-0.3, -0.25) is 4.79 Å². The third kappa shape index (κ3) is 3.68. The summed E-state index contributed by atoms with van der Waals surface area (Å²) in [5.41, 5.74) is 6.41.